The van der Waals surface area contributed by atoms with Crippen LogP contribution in [0.25, 0.3) is 33.6 Å². The zero-order chi connectivity index (χ0) is 24.9. The zero-order valence-electron chi connectivity index (χ0n) is 19.7. The minimum Gasteiger partial charge on any atom is -0.437 e. The predicted octanol–water partition coefficient (Wildman–Crippen LogP) is 3.92. The summed E-state index contributed by atoms with van der Waals surface area (Å²) < 4.78 is 11.8. The first kappa shape index (κ1) is 23.5. The van der Waals surface area contributed by atoms with Gasteiger partial charge in [-0.05, 0) is 48.0 Å². The average Bonchev–Trinajstić information content (AvgIpc) is 3.33. The molecule has 1 amide bonds. The van der Waals surface area contributed by atoms with Crippen LogP contribution in [-0.4, -0.2) is 60.4 Å². The van der Waals surface area contributed by atoms with Crippen molar-refractivity contribution in [1.29, 1.82) is 0 Å². The lowest BCUT2D eigenvalue weighted by molar-refractivity contribution is -0.111. The molecule has 1 fully saturated rings. The number of ether oxygens (including phenoxy) is 1. The number of carbonyl (C=O) groups excluding carboxylic acids is 1. The Bertz CT molecular complexity index is 1380. The summed E-state index contributed by atoms with van der Waals surface area (Å²) in [6.07, 6.45) is 2.66. The molecule has 0 radical (unpaired) electrons. The molecule has 3 N–H and O–H groups in total. The summed E-state index contributed by atoms with van der Waals surface area (Å²) in [5, 5.41) is 16.0. The van der Waals surface area contributed by atoms with Gasteiger partial charge in [0.25, 0.3) is 0 Å². The molecule has 2 aromatic heterocycles. The first-order valence-corrected chi connectivity index (χ1v) is 11.8. The number of hydrogen-bond donors (Lipinski definition) is 3. The van der Waals surface area contributed by atoms with Gasteiger partial charge in [-0.1, -0.05) is 18.7 Å². The highest BCUT2D eigenvalue weighted by Crippen LogP contribution is 2.43. The molecule has 0 saturated carbocycles. The van der Waals surface area contributed by atoms with Crippen molar-refractivity contribution in [2.45, 2.75) is 0 Å². The van der Waals surface area contributed by atoms with Gasteiger partial charge in [-0.15, -0.1) is 0 Å². The van der Waals surface area contributed by atoms with Gasteiger partial charge in [-0.2, -0.15) is 0 Å². The van der Waals surface area contributed by atoms with Crippen LogP contribution in [0.1, 0.15) is 0 Å². The Labute approximate surface area is 208 Å². The van der Waals surface area contributed by atoms with E-state index in [1.165, 1.54) is 12.4 Å². The number of aromatic nitrogens is 2. The Balaban J connectivity index is 1.63. The predicted molar refractivity (Wildman–Crippen MR) is 140 cm³/mol. The molecule has 2 aromatic carbocycles. The van der Waals surface area contributed by atoms with E-state index in [0.29, 0.717) is 34.9 Å². The molecule has 1 aliphatic rings. The fourth-order valence-electron chi connectivity index (χ4n) is 4.31. The number of nitrogens with zero attached hydrogens (tertiary/aromatic N) is 3. The maximum absolute atomic E-state index is 11.9. The van der Waals surface area contributed by atoms with Crippen LogP contribution in [0.15, 0.2) is 71.9 Å². The lowest BCUT2D eigenvalue weighted by Gasteiger charge is -2.28. The minimum absolute atomic E-state index is 0.0440. The van der Waals surface area contributed by atoms with E-state index in [9.17, 15) is 9.90 Å². The summed E-state index contributed by atoms with van der Waals surface area (Å²) in [4.78, 5) is 23.0. The largest absolute Gasteiger partial charge is 0.437 e. The Morgan fingerprint density at radius 1 is 1.11 bits per heavy atom. The fraction of sp³-hybridized carbons (Fsp3) is 0.222. The summed E-state index contributed by atoms with van der Waals surface area (Å²) in [7, 11) is 0. The van der Waals surface area contributed by atoms with Crippen molar-refractivity contribution in [3.63, 3.8) is 0 Å². The highest BCUT2D eigenvalue weighted by atomic mass is 16.5. The Morgan fingerprint density at radius 3 is 2.67 bits per heavy atom. The van der Waals surface area contributed by atoms with Gasteiger partial charge in [0, 0.05) is 42.1 Å². The van der Waals surface area contributed by atoms with Crippen LogP contribution in [-0.2, 0) is 9.53 Å². The monoisotopic (exact) mass is 485 g/mol. The van der Waals surface area contributed by atoms with Crippen LogP contribution in [0.3, 0.4) is 0 Å². The van der Waals surface area contributed by atoms with Crippen LogP contribution >= 0.6 is 0 Å². The van der Waals surface area contributed by atoms with Crippen LogP contribution < -0.4 is 15.5 Å². The number of nitrogens with one attached hydrogen (secondary N) is 2. The van der Waals surface area contributed by atoms with E-state index in [4.69, 9.17) is 9.15 Å². The number of aliphatic hydroxyl groups excluding tert-OH is 1. The first-order chi connectivity index (χ1) is 17.7. The second-order valence-electron chi connectivity index (χ2n) is 8.28. The fourth-order valence-corrected chi connectivity index (χ4v) is 4.31. The number of anilines is 3. The Kier molecular flexibility index (Phi) is 6.92. The second-order valence-corrected chi connectivity index (χ2v) is 8.28. The highest BCUT2D eigenvalue weighted by molar-refractivity contribution is 6.07. The summed E-state index contributed by atoms with van der Waals surface area (Å²) in [5.74, 6) is 0.902. The second kappa shape index (κ2) is 10.6. The number of benzene rings is 2. The number of carbonyl (C=O) groups is 1. The lowest BCUT2D eigenvalue weighted by Crippen LogP contribution is -2.36. The summed E-state index contributed by atoms with van der Waals surface area (Å²) in [6.45, 7) is 6.95. The van der Waals surface area contributed by atoms with Crippen LogP contribution in [0.2, 0.25) is 0 Å². The van der Waals surface area contributed by atoms with Crippen LogP contribution in [0.5, 0.6) is 0 Å². The molecular weight excluding hydrogens is 458 g/mol. The molecule has 4 aromatic rings. The van der Waals surface area contributed by atoms with Crippen molar-refractivity contribution in [3.05, 3.63) is 67.5 Å². The number of aliphatic hydroxyl groups is 1. The van der Waals surface area contributed by atoms with E-state index >= 15 is 0 Å². The van der Waals surface area contributed by atoms with Gasteiger partial charge in [0.2, 0.25) is 11.6 Å². The third kappa shape index (κ3) is 4.79. The van der Waals surface area contributed by atoms with Crippen LogP contribution in [0.4, 0.5) is 17.2 Å². The summed E-state index contributed by atoms with van der Waals surface area (Å²) >= 11 is 0. The van der Waals surface area contributed by atoms with Gasteiger partial charge >= 0.3 is 0 Å². The quantitative estimate of drug-likeness (QED) is 0.322. The van der Waals surface area contributed by atoms with Crippen molar-refractivity contribution < 1.29 is 19.1 Å². The topological polar surface area (TPSA) is 113 Å². The van der Waals surface area contributed by atoms with E-state index in [2.05, 4.69) is 44.2 Å². The van der Waals surface area contributed by atoms with Crippen molar-refractivity contribution in [3.8, 4) is 22.5 Å². The molecule has 0 aliphatic carbocycles. The Morgan fingerprint density at radius 2 is 1.92 bits per heavy atom. The van der Waals surface area contributed by atoms with E-state index in [-0.39, 0.29) is 12.5 Å². The molecule has 0 atom stereocenters. The molecular formula is C27H27N5O4. The third-order valence-corrected chi connectivity index (χ3v) is 6.00. The van der Waals surface area contributed by atoms with E-state index < -0.39 is 0 Å². The molecule has 184 valence electrons. The smallest absolute Gasteiger partial charge is 0.247 e. The standard InChI is InChI=1S/C27H27N5O4/c1-2-22(34)31-20-5-3-4-19(16-20)23-24-26(28-10-13-33)29-17-30-27(24)36-25(23)18-6-8-21(9-7-18)32-11-14-35-15-12-32/h2-9,16-17,33H,1,10-15H2,(H,31,34)(H,28,29,30). The molecule has 1 saturated heterocycles. The van der Waals surface area contributed by atoms with E-state index in [1.54, 1.807) is 0 Å². The van der Waals surface area contributed by atoms with Crippen molar-refractivity contribution in [2.75, 3.05) is 55.0 Å². The molecule has 0 bridgehead atoms. The molecule has 5 rings (SSSR count). The molecule has 0 spiro atoms. The average molecular weight is 486 g/mol. The number of rotatable bonds is 8. The first-order valence-electron chi connectivity index (χ1n) is 11.8. The van der Waals surface area contributed by atoms with Gasteiger partial charge in [-0.25, -0.2) is 9.97 Å². The molecule has 36 heavy (non-hydrogen) atoms. The van der Waals surface area contributed by atoms with Gasteiger partial charge < -0.3 is 29.8 Å². The number of hydrogen-bond acceptors (Lipinski definition) is 8. The molecule has 9 heteroatoms. The molecule has 3 heterocycles. The zero-order valence-corrected chi connectivity index (χ0v) is 19.7. The molecule has 9 nitrogen and oxygen atoms in total. The minimum atomic E-state index is -0.295. The molecule has 0 unspecified atom stereocenters. The van der Waals surface area contributed by atoms with Gasteiger partial charge in [0.05, 0.1) is 25.2 Å². The van der Waals surface area contributed by atoms with Gasteiger partial charge in [0.15, 0.2) is 0 Å². The third-order valence-electron chi connectivity index (χ3n) is 6.00. The molecule has 1 aliphatic heterocycles. The normalized spacial score (nSPS) is 13.5. The van der Waals surface area contributed by atoms with Crippen molar-refractivity contribution in [2.24, 2.45) is 0 Å². The van der Waals surface area contributed by atoms with Crippen molar-refractivity contribution in [1.82, 2.24) is 9.97 Å². The number of fused-ring (bicyclic) bond motifs is 1. The summed E-state index contributed by atoms with van der Waals surface area (Å²) in [6, 6.07) is 15.7. The van der Waals surface area contributed by atoms with Crippen molar-refractivity contribution >= 4 is 34.2 Å². The van der Waals surface area contributed by atoms with E-state index in [0.717, 1.165) is 48.7 Å². The van der Waals surface area contributed by atoms with Gasteiger partial charge in [0.1, 0.15) is 17.9 Å². The lowest BCUT2D eigenvalue weighted by atomic mass is 9.98. The van der Waals surface area contributed by atoms with E-state index in [1.807, 2.05) is 36.4 Å². The number of furan rings is 1. The SMILES string of the molecule is C=CC(=O)Nc1cccc(-c2c(-c3ccc(N4CCOCC4)cc3)oc3ncnc(NCCO)c23)c1. The maximum atomic E-state index is 11.9. The number of morpholine rings is 1. The summed E-state index contributed by atoms with van der Waals surface area (Å²) in [5.41, 5.74) is 4.67. The Hall–Kier alpha value is -4.21. The van der Waals surface area contributed by atoms with Gasteiger partial charge in [-0.3, -0.25) is 4.79 Å². The number of amides is 1. The maximum Gasteiger partial charge on any atom is 0.247 e. The highest BCUT2D eigenvalue weighted by Gasteiger charge is 2.23. The van der Waals surface area contributed by atoms with Crippen LogP contribution in [0, 0.1) is 0 Å².